The van der Waals surface area contributed by atoms with Crippen LogP contribution in [-0.2, 0) is 23.0 Å². The number of piperidine rings is 1. The first-order valence-corrected chi connectivity index (χ1v) is 14.2. The molecule has 0 aliphatic carbocycles. The zero-order chi connectivity index (χ0) is 25.0. The smallest absolute Gasteiger partial charge is 0.253 e. The van der Waals surface area contributed by atoms with Crippen LogP contribution in [0.2, 0.25) is 10.0 Å². The van der Waals surface area contributed by atoms with Crippen molar-refractivity contribution in [2.75, 3.05) is 23.7 Å². The summed E-state index contributed by atoms with van der Waals surface area (Å²) >= 11 is 12.4. The molecule has 0 bridgehead atoms. The standard InChI is InChI=1S/C27H28Cl2N2O3S/c1-35(33,34)31(25-9-5-8-24(28)26(25)29)19-22-10-12-23(13-11-22)27(32)30-16-14-21(15-17-30)18-20-6-3-2-4-7-20/h2-13,21H,14-19H2,1H3. The van der Waals surface area contributed by atoms with Crippen LogP contribution in [0.3, 0.4) is 0 Å². The van der Waals surface area contributed by atoms with Crippen molar-refractivity contribution in [3.63, 3.8) is 0 Å². The van der Waals surface area contributed by atoms with Gasteiger partial charge in [0.05, 0.1) is 28.5 Å². The normalized spacial score (nSPS) is 14.7. The molecule has 0 N–H and O–H groups in total. The van der Waals surface area contributed by atoms with Crippen LogP contribution in [0, 0.1) is 5.92 Å². The minimum Gasteiger partial charge on any atom is -0.339 e. The first-order chi connectivity index (χ1) is 16.7. The number of hydrogen-bond acceptors (Lipinski definition) is 3. The van der Waals surface area contributed by atoms with Crippen LogP contribution >= 0.6 is 23.2 Å². The summed E-state index contributed by atoms with van der Waals surface area (Å²) in [7, 11) is -3.61. The molecule has 0 aromatic heterocycles. The van der Waals surface area contributed by atoms with Gasteiger partial charge >= 0.3 is 0 Å². The second kappa shape index (κ2) is 11.0. The number of carbonyl (C=O) groups is 1. The zero-order valence-corrected chi connectivity index (χ0v) is 21.9. The van der Waals surface area contributed by atoms with Crippen LogP contribution in [0.25, 0.3) is 0 Å². The number of hydrogen-bond donors (Lipinski definition) is 0. The molecule has 35 heavy (non-hydrogen) atoms. The second-order valence-electron chi connectivity index (χ2n) is 8.96. The highest BCUT2D eigenvalue weighted by molar-refractivity contribution is 7.92. The largest absolute Gasteiger partial charge is 0.339 e. The Morgan fingerprint density at radius 1 is 0.914 bits per heavy atom. The Kier molecular flexibility index (Phi) is 8.05. The van der Waals surface area contributed by atoms with Crippen molar-refractivity contribution in [3.8, 4) is 0 Å². The van der Waals surface area contributed by atoms with Gasteiger partial charge in [0, 0.05) is 18.7 Å². The van der Waals surface area contributed by atoms with Crippen molar-refractivity contribution in [1.29, 1.82) is 0 Å². The molecule has 0 atom stereocenters. The Morgan fingerprint density at radius 3 is 2.20 bits per heavy atom. The number of nitrogens with zero attached hydrogens (tertiary/aromatic N) is 2. The first-order valence-electron chi connectivity index (χ1n) is 11.6. The average molecular weight is 532 g/mol. The fraction of sp³-hybridized carbons (Fsp3) is 0.296. The second-order valence-corrected chi connectivity index (χ2v) is 11.7. The van der Waals surface area contributed by atoms with E-state index in [1.54, 1.807) is 42.5 Å². The molecule has 184 valence electrons. The van der Waals surface area contributed by atoms with Crippen LogP contribution in [0.5, 0.6) is 0 Å². The van der Waals surface area contributed by atoms with Crippen LogP contribution in [-0.4, -0.2) is 38.6 Å². The quantitative estimate of drug-likeness (QED) is 0.373. The van der Waals surface area contributed by atoms with E-state index in [4.69, 9.17) is 23.2 Å². The number of sulfonamides is 1. The van der Waals surface area contributed by atoms with Crippen molar-refractivity contribution in [1.82, 2.24) is 4.90 Å². The zero-order valence-electron chi connectivity index (χ0n) is 19.5. The van der Waals surface area contributed by atoms with Gasteiger partial charge in [0.1, 0.15) is 0 Å². The fourth-order valence-electron chi connectivity index (χ4n) is 4.45. The SMILES string of the molecule is CS(=O)(=O)N(Cc1ccc(C(=O)N2CCC(Cc3ccccc3)CC2)cc1)c1cccc(Cl)c1Cl. The number of likely N-dealkylation sites (tertiary alicyclic amines) is 1. The van der Waals surface area contributed by atoms with Gasteiger partial charge in [-0.1, -0.05) is 71.7 Å². The Balaban J connectivity index is 1.40. The molecule has 0 radical (unpaired) electrons. The maximum Gasteiger partial charge on any atom is 0.253 e. The predicted octanol–water partition coefficient (Wildman–Crippen LogP) is 6.05. The molecule has 1 saturated heterocycles. The highest BCUT2D eigenvalue weighted by atomic mass is 35.5. The summed E-state index contributed by atoms with van der Waals surface area (Å²) in [6.07, 6.45) is 4.15. The van der Waals surface area contributed by atoms with Crippen molar-refractivity contribution in [2.24, 2.45) is 5.92 Å². The number of carbonyl (C=O) groups excluding carboxylic acids is 1. The number of benzene rings is 3. The van der Waals surface area contributed by atoms with Gasteiger partial charge in [0.25, 0.3) is 5.91 Å². The Morgan fingerprint density at radius 2 is 1.57 bits per heavy atom. The number of amides is 1. The molecular weight excluding hydrogens is 503 g/mol. The van der Waals surface area contributed by atoms with E-state index in [0.29, 0.717) is 17.2 Å². The van der Waals surface area contributed by atoms with Gasteiger partial charge in [-0.05, 0) is 60.6 Å². The third kappa shape index (κ3) is 6.37. The van der Waals surface area contributed by atoms with E-state index in [-0.39, 0.29) is 22.5 Å². The summed E-state index contributed by atoms with van der Waals surface area (Å²) < 4.78 is 26.2. The molecule has 4 rings (SSSR count). The van der Waals surface area contributed by atoms with Crippen LogP contribution < -0.4 is 4.31 Å². The first kappa shape index (κ1) is 25.5. The molecule has 1 heterocycles. The Bertz CT molecular complexity index is 1270. The Labute approximate surface area is 217 Å². The lowest BCUT2D eigenvalue weighted by Gasteiger charge is -2.32. The van der Waals surface area contributed by atoms with Gasteiger partial charge in [-0.3, -0.25) is 9.10 Å². The molecule has 1 amide bonds. The molecule has 3 aromatic rings. The summed E-state index contributed by atoms with van der Waals surface area (Å²) in [5.41, 5.74) is 3.00. The van der Waals surface area contributed by atoms with E-state index < -0.39 is 10.0 Å². The van der Waals surface area contributed by atoms with E-state index in [1.807, 2.05) is 11.0 Å². The average Bonchev–Trinajstić information content (AvgIpc) is 2.85. The highest BCUT2D eigenvalue weighted by Crippen LogP contribution is 2.34. The number of halogens is 2. The molecule has 1 aliphatic rings. The molecule has 8 heteroatoms. The molecule has 0 saturated carbocycles. The summed E-state index contributed by atoms with van der Waals surface area (Å²) in [6, 6.07) is 22.4. The molecule has 3 aromatic carbocycles. The maximum absolute atomic E-state index is 13.0. The van der Waals surface area contributed by atoms with E-state index in [9.17, 15) is 13.2 Å². The van der Waals surface area contributed by atoms with Gasteiger partial charge in [0.15, 0.2) is 0 Å². The highest BCUT2D eigenvalue weighted by Gasteiger charge is 2.25. The van der Waals surface area contributed by atoms with Crippen LogP contribution in [0.15, 0.2) is 72.8 Å². The third-order valence-corrected chi connectivity index (χ3v) is 8.33. The molecule has 5 nitrogen and oxygen atoms in total. The van der Waals surface area contributed by atoms with Crippen molar-refractivity contribution >= 4 is 44.8 Å². The van der Waals surface area contributed by atoms with Crippen LogP contribution in [0.4, 0.5) is 5.69 Å². The van der Waals surface area contributed by atoms with E-state index >= 15 is 0 Å². The minimum atomic E-state index is -3.61. The van der Waals surface area contributed by atoms with Crippen molar-refractivity contribution < 1.29 is 13.2 Å². The number of rotatable bonds is 7. The van der Waals surface area contributed by atoms with E-state index in [0.717, 1.165) is 44.2 Å². The molecular formula is C27H28Cl2N2O3S. The summed E-state index contributed by atoms with van der Waals surface area (Å²) in [5, 5.41) is 0.466. The Hall–Kier alpha value is -2.54. The summed E-state index contributed by atoms with van der Waals surface area (Å²) in [6.45, 7) is 1.57. The maximum atomic E-state index is 13.0. The predicted molar refractivity (Wildman–Crippen MR) is 143 cm³/mol. The molecule has 1 aliphatic heterocycles. The van der Waals surface area contributed by atoms with Crippen LogP contribution in [0.1, 0.15) is 34.3 Å². The van der Waals surface area contributed by atoms with Crippen molar-refractivity contribution in [2.45, 2.75) is 25.8 Å². The lowest BCUT2D eigenvalue weighted by Crippen LogP contribution is -2.38. The van der Waals surface area contributed by atoms with Crippen molar-refractivity contribution in [3.05, 3.63) is 99.5 Å². The van der Waals surface area contributed by atoms with Gasteiger partial charge in [-0.25, -0.2) is 8.42 Å². The molecule has 0 unspecified atom stereocenters. The van der Waals surface area contributed by atoms with E-state index in [1.165, 1.54) is 9.87 Å². The fourth-order valence-corrected chi connectivity index (χ4v) is 5.80. The monoisotopic (exact) mass is 530 g/mol. The molecule has 0 spiro atoms. The summed E-state index contributed by atoms with van der Waals surface area (Å²) in [5.74, 6) is 0.594. The van der Waals surface area contributed by atoms with Gasteiger partial charge in [-0.15, -0.1) is 0 Å². The minimum absolute atomic E-state index is 0.00701. The van der Waals surface area contributed by atoms with E-state index in [2.05, 4.69) is 24.3 Å². The van der Waals surface area contributed by atoms with Gasteiger partial charge in [0.2, 0.25) is 10.0 Å². The lowest BCUT2D eigenvalue weighted by atomic mass is 9.90. The lowest BCUT2D eigenvalue weighted by molar-refractivity contribution is 0.0690. The third-order valence-electron chi connectivity index (χ3n) is 6.40. The van der Waals surface area contributed by atoms with Gasteiger partial charge < -0.3 is 4.90 Å². The molecule has 1 fully saturated rings. The number of anilines is 1. The topological polar surface area (TPSA) is 57.7 Å². The van der Waals surface area contributed by atoms with Gasteiger partial charge in [-0.2, -0.15) is 0 Å². The summed E-state index contributed by atoms with van der Waals surface area (Å²) in [4.78, 5) is 15.0.